The number of phenolic OH excluding ortho intramolecular Hbond substituents is 1. The van der Waals surface area contributed by atoms with Gasteiger partial charge in [0.25, 0.3) is 0 Å². The lowest BCUT2D eigenvalue weighted by molar-refractivity contribution is -0.142. The van der Waals surface area contributed by atoms with E-state index in [4.69, 9.17) is 34.1 Å². The van der Waals surface area contributed by atoms with Crippen molar-refractivity contribution >= 4 is 143 Å². The number of unbranched alkanes of at least 4 members (excludes halogenated alkanes) is 2. The van der Waals surface area contributed by atoms with Gasteiger partial charge in [-0.1, -0.05) is 80.4 Å². The molecule has 133 heavy (non-hydrogen) atoms. The summed E-state index contributed by atoms with van der Waals surface area (Å²) in [7, 11) is 0. The number of carboxylic acids is 5. The third-order valence-corrected chi connectivity index (χ3v) is 21.3. The van der Waals surface area contributed by atoms with E-state index < -0.39 is 315 Å². The Morgan fingerprint density at radius 3 is 1.14 bits per heavy atom. The molecule has 0 saturated carbocycles. The molecule has 0 spiro atoms. The largest absolute Gasteiger partial charge is 0.508 e. The molecule has 0 saturated heterocycles. The second-order valence-corrected chi connectivity index (χ2v) is 33.2. The normalized spacial score (nSPS) is 15.2. The summed E-state index contributed by atoms with van der Waals surface area (Å²) in [5.74, 6) is -29.7. The predicted molar refractivity (Wildman–Crippen MR) is 478 cm³/mol. The lowest BCUT2D eigenvalue weighted by Crippen LogP contribution is -2.62. The summed E-state index contributed by atoms with van der Waals surface area (Å²) in [6, 6.07) is -21.8. The highest BCUT2D eigenvalue weighted by Crippen LogP contribution is 2.19. The van der Waals surface area contributed by atoms with E-state index in [9.17, 15) is 136 Å². The molecule has 0 aliphatic heterocycles. The molecule has 16 amide bonds. The maximum atomic E-state index is 14.6. The number of phenols is 1. The van der Waals surface area contributed by atoms with Crippen molar-refractivity contribution in [1.82, 2.24) is 85.1 Å². The maximum Gasteiger partial charge on any atom is 0.327 e. The SMILES string of the molecule is CC[C@H](C)[C@H](NC(=O)[C@H](CC(=O)O)NC(=O)[C@H](CC(C)C)NC(=O)[C@H](Cc1ccc(O)cc1)NC(=O)[C@H](CCC(=O)O)NC(=O)[C@H](C)NC(=O)[C@@H](N)CCCNC(=N)N)C(=O)N[C@@H](CCC(=O)O)C(=O)N[C@@H](CO)C(=O)N[C@@H](CCCCN)C(=O)N[C@H](C(=O)N[C@H](C(=O)N[C@@H](CC(N)=O)C(=O)N[C@@H](CCCCN)C(=O)N[C@@H](CCC(=O)O)C(=O)N[C@@H](CS)C(=O)O)[C@@H](C)CC)C(C)C. The topological polar surface area (TPSA) is 847 Å². The van der Waals surface area contributed by atoms with Crippen molar-refractivity contribution < 1.29 is 136 Å². The summed E-state index contributed by atoms with van der Waals surface area (Å²) in [6.45, 7) is 12.7. The van der Waals surface area contributed by atoms with E-state index in [-0.39, 0.29) is 101 Å². The number of benzene rings is 1. The molecule has 0 bridgehead atoms. The molecular weight excluding hydrogens is 1770 g/mol. The summed E-state index contributed by atoms with van der Waals surface area (Å²) in [5.41, 5.74) is 28.6. The second kappa shape index (κ2) is 61.9. The highest BCUT2D eigenvalue weighted by atomic mass is 32.1. The molecular formula is C82H136N22O28S. The molecule has 0 aliphatic carbocycles. The lowest BCUT2D eigenvalue weighted by atomic mass is 9.95. The molecule has 1 aromatic rings. The zero-order valence-corrected chi connectivity index (χ0v) is 77.0. The lowest BCUT2D eigenvalue weighted by Gasteiger charge is -2.31. The van der Waals surface area contributed by atoms with E-state index in [1.807, 2.05) is 0 Å². The number of nitrogens with two attached hydrogens (primary N) is 5. The number of aliphatic hydroxyl groups is 1. The Kier molecular flexibility index (Phi) is 55.1. The molecule has 1 aromatic carbocycles. The molecule has 1 rings (SSSR count). The van der Waals surface area contributed by atoms with Gasteiger partial charge in [0.05, 0.1) is 25.5 Å². The Labute approximate surface area is 773 Å². The Morgan fingerprint density at radius 2 is 0.729 bits per heavy atom. The molecule has 0 unspecified atom stereocenters. The Hall–Kier alpha value is -12.6. The molecule has 0 aromatic heterocycles. The first-order valence-electron chi connectivity index (χ1n) is 43.6. The number of thiol groups is 1. The molecule has 0 heterocycles. The Balaban J connectivity index is 3.73. The minimum Gasteiger partial charge on any atom is -0.508 e. The van der Waals surface area contributed by atoms with Gasteiger partial charge in [-0.25, -0.2) is 4.79 Å². The van der Waals surface area contributed by atoms with Crippen LogP contribution >= 0.6 is 12.6 Å². The van der Waals surface area contributed by atoms with E-state index in [1.54, 1.807) is 27.7 Å². The average Bonchev–Trinajstić information content (AvgIpc) is 0.838. The third-order valence-electron chi connectivity index (χ3n) is 20.9. The van der Waals surface area contributed by atoms with Crippen LogP contribution in [0.15, 0.2) is 24.3 Å². The van der Waals surface area contributed by atoms with Gasteiger partial charge in [-0.05, 0) is 138 Å². The van der Waals surface area contributed by atoms with Crippen LogP contribution in [0.5, 0.6) is 5.75 Å². The van der Waals surface area contributed by atoms with E-state index >= 15 is 0 Å². The second-order valence-electron chi connectivity index (χ2n) is 32.8. The fourth-order valence-corrected chi connectivity index (χ4v) is 13.1. The number of hydrogen-bond acceptors (Lipinski definition) is 28. The Bertz CT molecular complexity index is 4130. The summed E-state index contributed by atoms with van der Waals surface area (Å²) >= 11 is 3.91. The van der Waals surface area contributed by atoms with Crippen molar-refractivity contribution in [3.05, 3.63) is 29.8 Å². The average molecular weight is 1910 g/mol. The maximum absolute atomic E-state index is 14.6. The van der Waals surface area contributed by atoms with Crippen LogP contribution in [0.1, 0.15) is 190 Å². The monoisotopic (exact) mass is 1910 g/mol. The number of carbonyl (C=O) groups excluding carboxylic acids is 16. The van der Waals surface area contributed by atoms with E-state index in [0.717, 1.165) is 0 Å². The first-order chi connectivity index (χ1) is 62.4. The highest BCUT2D eigenvalue weighted by Gasteiger charge is 2.41. The van der Waals surface area contributed by atoms with Gasteiger partial charge in [0, 0.05) is 38.0 Å². The first kappa shape index (κ1) is 118. The van der Waals surface area contributed by atoms with E-state index in [2.05, 4.69) is 97.7 Å². The van der Waals surface area contributed by atoms with Crippen LogP contribution in [0.3, 0.4) is 0 Å². The number of aromatic hydroxyl groups is 1. The van der Waals surface area contributed by atoms with Crippen LogP contribution in [0.4, 0.5) is 0 Å². The predicted octanol–water partition coefficient (Wildman–Crippen LogP) is -7.18. The number of hydrogen-bond donors (Lipinski definition) is 30. The van der Waals surface area contributed by atoms with Gasteiger partial charge in [-0.3, -0.25) is 101 Å². The minimum atomic E-state index is -2.09. The highest BCUT2D eigenvalue weighted by molar-refractivity contribution is 7.80. The zero-order valence-electron chi connectivity index (χ0n) is 76.1. The van der Waals surface area contributed by atoms with Crippen LogP contribution in [-0.2, 0) is 107 Å². The number of rotatable bonds is 67. The number of nitrogens with one attached hydrogen (secondary N) is 17. The minimum absolute atomic E-state index is 0.0411. The van der Waals surface area contributed by atoms with Crippen LogP contribution in [0.25, 0.3) is 0 Å². The first-order valence-corrected chi connectivity index (χ1v) is 44.2. The van der Waals surface area contributed by atoms with Crippen molar-refractivity contribution in [3.8, 4) is 5.75 Å². The van der Waals surface area contributed by atoms with Gasteiger partial charge in [-0.2, -0.15) is 12.6 Å². The van der Waals surface area contributed by atoms with Gasteiger partial charge >= 0.3 is 29.8 Å². The standard InChI is InChI=1S/C82H136N22O28S/c1-10-41(7)64(103-76(126)55(36-62(114)115)98-73(123)52(33-39(3)4)96-74(124)53(34-44-20-22-45(106)23-21-44)97-69(119)49(24-27-59(108)109)91-66(116)43(9)90-67(117)46(85)17-16-32-89-82(87)88)79(129)95-51(26-29-61(112)113)70(120)100-56(37-105)77(127)93-48(19-13-15-31-84)72(122)102-63(40(5)6)78(128)104-65(42(8)11-2)80(130)99-54(35-58(86)107)75(125)92-47(18-12-14-30-83)68(118)94-50(25-28-60(110)111)71(121)101-57(38-133)81(131)132/h20-23,39-43,46-57,63-65,105-106,133H,10-19,24-38,83-85H2,1-9H3,(H2,86,107)(H,90,117)(H,91,116)(H,92,125)(H,93,127)(H,94,118)(H,95,129)(H,96,124)(H,97,119)(H,98,123)(H,99,130)(H,100,120)(H,101,121)(H,102,122)(H,103,126)(H,104,128)(H,108,109)(H,110,111)(H,112,113)(H,114,115)(H,131,132)(H4,87,88,89)/t41-,42-,43-,46-,47-,48-,49-,50-,51-,52-,53-,54-,55-,56-,57-,63-,64-,65-/m0/s1. The van der Waals surface area contributed by atoms with Crippen LogP contribution in [0, 0.1) is 29.1 Å². The number of guanidine groups is 1. The van der Waals surface area contributed by atoms with Crippen LogP contribution in [-0.4, -0.2) is 295 Å². The number of carboxylic acid groups (broad SMARTS) is 5. The smallest absolute Gasteiger partial charge is 0.327 e. The summed E-state index contributed by atoms with van der Waals surface area (Å²) in [4.78, 5) is 285. The summed E-state index contributed by atoms with van der Waals surface area (Å²) in [5, 5.41) is 115. The fourth-order valence-electron chi connectivity index (χ4n) is 12.8. The number of carbonyl (C=O) groups is 21. The van der Waals surface area contributed by atoms with Crippen molar-refractivity contribution in [3.63, 3.8) is 0 Å². The fraction of sp³-hybridized carbons (Fsp3) is 0.659. The molecule has 51 heteroatoms. The van der Waals surface area contributed by atoms with E-state index in [1.165, 1.54) is 58.9 Å². The molecule has 748 valence electrons. The van der Waals surface area contributed by atoms with Gasteiger partial charge < -0.3 is 149 Å². The number of aliphatic hydroxyl groups excluding tert-OH is 1. The van der Waals surface area contributed by atoms with Gasteiger partial charge in [0.2, 0.25) is 94.5 Å². The molecule has 0 radical (unpaired) electrons. The third kappa shape index (κ3) is 45.8. The number of amides is 16. The molecule has 18 atom stereocenters. The quantitative estimate of drug-likeness (QED) is 0.0125. The van der Waals surface area contributed by atoms with E-state index in [0.29, 0.717) is 6.42 Å². The molecule has 0 fully saturated rings. The van der Waals surface area contributed by atoms with Crippen LogP contribution in [0.2, 0.25) is 0 Å². The summed E-state index contributed by atoms with van der Waals surface area (Å²) in [6.07, 6.45) is -6.00. The van der Waals surface area contributed by atoms with Crippen molar-refractivity contribution in [2.75, 3.05) is 32.0 Å². The van der Waals surface area contributed by atoms with Crippen molar-refractivity contribution in [2.45, 2.75) is 287 Å². The van der Waals surface area contributed by atoms with Crippen LogP contribution < -0.4 is 114 Å². The zero-order chi connectivity index (χ0) is 101. The van der Waals surface area contributed by atoms with Gasteiger partial charge in [0.15, 0.2) is 5.96 Å². The number of primary amides is 1. The molecule has 50 nitrogen and oxygen atoms in total. The number of aliphatic carboxylic acids is 5. The van der Waals surface area contributed by atoms with Crippen molar-refractivity contribution in [2.24, 2.45) is 52.3 Å². The van der Waals surface area contributed by atoms with Gasteiger partial charge in [-0.15, -0.1) is 0 Å². The molecule has 0 aliphatic rings. The summed E-state index contributed by atoms with van der Waals surface area (Å²) < 4.78 is 0. The van der Waals surface area contributed by atoms with Gasteiger partial charge in [0.1, 0.15) is 96.4 Å². The van der Waals surface area contributed by atoms with Crippen molar-refractivity contribution in [1.29, 1.82) is 5.41 Å². The Morgan fingerprint density at radius 1 is 0.383 bits per heavy atom. The molecule has 34 N–H and O–H groups in total.